The summed E-state index contributed by atoms with van der Waals surface area (Å²) in [4.78, 5) is 8.62. The predicted octanol–water partition coefficient (Wildman–Crippen LogP) is 1.60. The van der Waals surface area contributed by atoms with Crippen LogP contribution in [-0.2, 0) is 6.42 Å². The molecule has 0 aliphatic heterocycles. The Kier molecular flexibility index (Phi) is 4.24. The molecule has 3 N–H and O–H groups in total. The van der Waals surface area contributed by atoms with E-state index >= 15 is 0 Å². The fourth-order valence-corrected chi connectivity index (χ4v) is 2.59. The van der Waals surface area contributed by atoms with Gasteiger partial charge >= 0.3 is 0 Å². The van der Waals surface area contributed by atoms with Gasteiger partial charge in [-0.05, 0) is 13.0 Å². The van der Waals surface area contributed by atoms with Gasteiger partial charge in [0.15, 0.2) is 0 Å². The minimum Gasteiger partial charge on any atom is -0.481 e. The average molecular weight is 264 g/mol. The van der Waals surface area contributed by atoms with Gasteiger partial charge in [-0.15, -0.1) is 11.3 Å². The third kappa shape index (κ3) is 2.84. The number of methoxy groups -OCH3 is 1. The molecule has 0 aromatic carbocycles. The molecule has 0 saturated carbocycles. The van der Waals surface area contributed by atoms with Crippen LogP contribution in [0.4, 0.5) is 0 Å². The molecule has 0 spiro atoms. The number of hydrogen-bond donors (Lipinski definition) is 2. The molecule has 2 heterocycles. The lowest BCUT2D eigenvalue weighted by Crippen LogP contribution is -2.30. The minimum absolute atomic E-state index is 0.0563. The van der Waals surface area contributed by atoms with Crippen molar-refractivity contribution in [3.63, 3.8) is 0 Å². The summed E-state index contributed by atoms with van der Waals surface area (Å²) in [7, 11) is 1.60. The molecular weight excluding hydrogens is 248 g/mol. The summed E-state index contributed by atoms with van der Waals surface area (Å²) in [6.45, 7) is 1.98. The highest BCUT2D eigenvalue weighted by atomic mass is 32.1. The van der Waals surface area contributed by atoms with Crippen LogP contribution in [-0.4, -0.2) is 17.1 Å². The summed E-state index contributed by atoms with van der Waals surface area (Å²) < 4.78 is 5.25. The smallest absolute Gasteiger partial charge is 0.217 e. The van der Waals surface area contributed by atoms with E-state index in [1.807, 2.05) is 24.4 Å². The molecule has 0 bridgehead atoms. The number of nitrogens with two attached hydrogens (primary N) is 1. The largest absolute Gasteiger partial charge is 0.481 e. The highest BCUT2D eigenvalue weighted by Crippen LogP contribution is 2.25. The van der Waals surface area contributed by atoms with Crippen molar-refractivity contribution in [1.29, 1.82) is 0 Å². The zero-order valence-electron chi connectivity index (χ0n) is 10.4. The topological polar surface area (TPSA) is 73.1 Å². The van der Waals surface area contributed by atoms with Crippen LogP contribution in [0, 0.1) is 6.92 Å². The van der Waals surface area contributed by atoms with Crippen molar-refractivity contribution < 1.29 is 4.74 Å². The van der Waals surface area contributed by atoms with E-state index in [1.165, 1.54) is 0 Å². The fraction of sp³-hybridized carbons (Fsp3) is 0.333. The fourth-order valence-electron chi connectivity index (χ4n) is 1.77. The molecule has 0 radical (unpaired) electrons. The van der Waals surface area contributed by atoms with Gasteiger partial charge in [0.2, 0.25) is 5.88 Å². The first-order chi connectivity index (χ1) is 8.74. The van der Waals surface area contributed by atoms with Crippen LogP contribution in [0.1, 0.15) is 22.3 Å². The normalized spacial score (nSPS) is 12.4. The second kappa shape index (κ2) is 5.90. The maximum atomic E-state index is 5.63. The van der Waals surface area contributed by atoms with Crippen LogP contribution in [0.5, 0.6) is 5.88 Å². The minimum atomic E-state index is -0.0563. The molecule has 96 valence electrons. The number of hydrogen-bond acceptors (Lipinski definition) is 6. The average Bonchev–Trinajstić information content (AvgIpc) is 2.81. The lowest BCUT2D eigenvalue weighted by molar-refractivity contribution is 0.382. The van der Waals surface area contributed by atoms with Crippen molar-refractivity contribution in [3.8, 4) is 5.88 Å². The molecule has 2 rings (SSSR count). The number of thiazole rings is 1. The van der Waals surface area contributed by atoms with Crippen molar-refractivity contribution >= 4 is 11.3 Å². The van der Waals surface area contributed by atoms with Crippen molar-refractivity contribution in [1.82, 2.24) is 15.4 Å². The zero-order chi connectivity index (χ0) is 13.0. The van der Waals surface area contributed by atoms with Crippen molar-refractivity contribution in [3.05, 3.63) is 40.0 Å². The van der Waals surface area contributed by atoms with E-state index in [0.717, 1.165) is 22.7 Å². The molecular formula is C12H16N4OS. The molecule has 2 aromatic heterocycles. The van der Waals surface area contributed by atoms with E-state index in [2.05, 4.69) is 15.4 Å². The Morgan fingerprint density at radius 1 is 1.56 bits per heavy atom. The monoisotopic (exact) mass is 264 g/mol. The van der Waals surface area contributed by atoms with Gasteiger partial charge in [-0.1, -0.05) is 6.07 Å². The molecule has 1 unspecified atom stereocenters. The Hall–Kier alpha value is -1.50. The number of pyridine rings is 1. The third-order valence-electron chi connectivity index (χ3n) is 2.62. The van der Waals surface area contributed by atoms with E-state index in [1.54, 1.807) is 24.6 Å². The Labute approximate surface area is 110 Å². The maximum absolute atomic E-state index is 5.63. The van der Waals surface area contributed by atoms with Gasteiger partial charge < -0.3 is 4.74 Å². The van der Waals surface area contributed by atoms with Crippen LogP contribution >= 0.6 is 11.3 Å². The number of nitrogens with one attached hydrogen (secondary N) is 1. The van der Waals surface area contributed by atoms with E-state index in [9.17, 15) is 0 Å². The summed E-state index contributed by atoms with van der Waals surface area (Å²) in [5.41, 5.74) is 4.77. The molecule has 0 amide bonds. The van der Waals surface area contributed by atoms with Gasteiger partial charge in [-0.2, -0.15) is 0 Å². The van der Waals surface area contributed by atoms with E-state index in [0.29, 0.717) is 5.88 Å². The van der Waals surface area contributed by atoms with Gasteiger partial charge in [0.25, 0.3) is 0 Å². The number of aromatic nitrogens is 2. The molecule has 5 nitrogen and oxygen atoms in total. The molecule has 6 heteroatoms. The molecule has 0 saturated heterocycles. The second-order valence-electron chi connectivity index (χ2n) is 3.91. The van der Waals surface area contributed by atoms with Crippen LogP contribution < -0.4 is 16.0 Å². The molecule has 18 heavy (non-hydrogen) atoms. The Bertz CT molecular complexity index is 514. The molecule has 0 aliphatic carbocycles. The SMILES string of the molecule is COc1ncccc1C(Cc1nc(C)cs1)NN. The van der Waals surface area contributed by atoms with E-state index in [4.69, 9.17) is 10.6 Å². The highest BCUT2D eigenvalue weighted by molar-refractivity contribution is 7.09. The Morgan fingerprint density at radius 3 is 3.00 bits per heavy atom. The van der Waals surface area contributed by atoms with Crippen molar-refractivity contribution in [2.45, 2.75) is 19.4 Å². The van der Waals surface area contributed by atoms with Gasteiger partial charge in [-0.3, -0.25) is 11.3 Å². The van der Waals surface area contributed by atoms with Crippen LogP contribution in [0.2, 0.25) is 0 Å². The number of hydrazine groups is 1. The maximum Gasteiger partial charge on any atom is 0.217 e. The second-order valence-corrected chi connectivity index (χ2v) is 4.85. The Morgan fingerprint density at radius 2 is 2.39 bits per heavy atom. The summed E-state index contributed by atoms with van der Waals surface area (Å²) in [5.74, 6) is 6.22. The first-order valence-electron chi connectivity index (χ1n) is 5.60. The summed E-state index contributed by atoms with van der Waals surface area (Å²) >= 11 is 1.63. The quantitative estimate of drug-likeness (QED) is 0.634. The summed E-state index contributed by atoms with van der Waals surface area (Å²) in [6.07, 6.45) is 2.42. The zero-order valence-corrected chi connectivity index (χ0v) is 11.2. The van der Waals surface area contributed by atoms with Gasteiger partial charge in [-0.25, -0.2) is 9.97 Å². The number of nitrogens with zero attached hydrogens (tertiary/aromatic N) is 2. The number of aryl methyl sites for hydroxylation is 1. The number of rotatable bonds is 5. The highest BCUT2D eigenvalue weighted by Gasteiger charge is 2.17. The van der Waals surface area contributed by atoms with E-state index in [-0.39, 0.29) is 6.04 Å². The lowest BCUT2D eigenvalue weighted by Gasteiger charge is -2.16. The first-order valence-corrected chi connectivity index (χ1v) is 6.48. The summed E-state index contributed by atoms with van der Waals surface area (Å²) in [5, 5.41) is 3.07. The summed E-state index contributed by atoms with van der Waals surface area (Å²) in [6, 6.07) is 3.77. The van der Waals surface area contributed by atoms with Gasteiger partial charge in [0, 0.05) is 29.3 Å². The van der Waals surface area contributed by atoms with Gasteiger partial charge in [0.1, 0.15) is 0 Å². The van der Waals surface area contributed by atoms with E-state index < -0.39 is 0 Å². The van der Waals surface area contributed by atoms with Crippen LogP contribution in [0.3, 0.4) is 0 Å². The first kappa shape index (κ1) is 12.9. The predicted molar refractivity (Wildman–Crippen MR) is 71.4 cm³/mol. The van der Waals surface area contributed by atoms with Gasteiger partial charge in [0.05, 0.1) is 18.2 Å². The molecule has 1 atom stereocenters. The third-order valence-corrected chi connectivity index (χ3v) is 3.60. The van der Waals surface area contributed by atoms with Crippen molar-refractivity contribution in [2.75, 3.05) is 7.11 Å². The van der Waals surface area contributed by atoms with Crippen LogP contribution in [0.25, 0.3) is 0 Å². The number of ether oxygens (including phenoxy) is 1. The molecule has 0 fully saturated rings. The Balaban J connectivity index is 2.22. The van der Waals surface area contributed by atoms with Crippen molar-refractivity contribution in [2.24, 2.45) is 5.84 Å². The molecule has 2 aromatic rings. The van der Waals surface area contributed by atoms with Crippen LogP contribution in [0.15, 0.2) is 23.7 Å². The lowest BCUT2D eigenvalue weighted by atomic mass is 10.1. The standard InChI is InChI=1S/C12H16N4OS/c1-8-7-18-11(15-8)6-10(16-13)9-4-3-5-14-12(9)17-2/h3-5,7,10,16H,6,13H2,1-2H3. The molecule has 0 aliphatic rings.